The molecule has 2 amide bonds. The number of ether oxygens (including phenoxy) is 1. The summed E-state index contributed by atoms with van der Waals surface area (Å²) < 4.78 is 20.4. The molecular weight excluding hydrogens is 456 g/mol. The second-order valence-electron chi connectivity index (χ2n) is 11.3. The number of amides is 2. The highest BCUT2D eigenvalue weighted by molar-refractivity contribution is 6.99. The number of hydrogen-bond donors (Lipinski definition) is 2. The van der Waals surface area contributed by atoms with Gasteiger partial charge < -0.3 is 19.8 Å². The third-order valence-corrected chi connectivity index (χ3v) is 11.3. The van der Waals surface area contributed by atoms with Crippen molar-refractivity contribution in [2.75, 3.05) is 13.2 Å². The number of nitrogens with one attached hydrogen (secondary N) is 2. The first-order valence-electron chi connectivity index (χ1n) is 12.8. The van der Waals surface area contributed by atoms with E-state index in [-0.39, 0.29) is 23.5 Å². The topological polar surface area (TPSA) is 76.7 Å². The van der Waals surface area contributed by atoms with Gasteiger partial charge >= 0.3 is 6.09 Å². The fourth-order valence-corrected chi connectivity index (χ4v) is 9.38. The van der Waals surface area contributed by atoms with Crippen LogP contribution in [0, 0.1) is 5.92 Å². The van der Waals surface area contributed by atoms with Crippen LogP contribution in [0.1, 0.15) is 54.4 Å². The van der Waals surface area contributed by atoms with Crippen molar-refractivity contribution in [2.24, 2.45) is 5.92 Å². The molecule has 0 radical (unpaired) electrons. The summed E-state index contributed by atoms with van der Waals surface area (Å²) in [4.78, 5) is 25.3. The standard InChI is InChI=1S/C28H40N2O4Si/c1-27(2,3)34-26(32)30-22(19-21-17-18-29-25(21)31)20-33-35(28(4,5)6,23-13-9-7-10-14-23)24-15-11-8-12-16-24/h7-16,21-22H,17-20H2,1-6H3,(H,29,31)(H,30,32)/t21-,22-/m0/s1/i/hD. The molecule has 1 heterocycles. The normalized spacial score (nSPS) is 18.2. The summed E-state index contributed by atoms with van der Waals surface area (Å²) in [6.45, 7) is 12.7. The van der Waals surface area contributed by atoms with Crippen molar-refractivity contribution in [1.29, 1.82) is 0 Å². The molecule has 0 aliphatic carbocycles. The Kier molecular flexibility index (Phi) is 7.97. The monoisotopic (exact) mass is 497 g/mol. The maximum absolute atomic E-state index is 12.7. The van der Waals surface area contributed by atoms with E-state index < -0.39 is 26.1 Å². The maximum atomic E-state index is 12.7. The van der Waals surface area contributed by atoms with E-state index in [9.17, 15) is 9.59 Å². The molecule has 35 heavy (non-hydrogen) atoms. The van der Waals surface area contributed by atoms with E-state index in [1.165, 1.54) is 0 Å². The van der Waals surface area contributed by atoms with Crippen LogP contribution in [0.4, 0.5) is 4.79 Å². The number of hydrogen-bond acceptors (Lipinski definition) is 4. The summed E-state index contributed by atoms with van der Waals surface area (Å²) in [6.07, 6.45) is 0.450. The van der Waals surface area contributed by atoms with E-state index in [4.69, 9.17) is 10.6 Å². The Hall–Kier alpha value is -2.64. The molecule has 0 unspecified atom stereocenters. The zero-order valence-electron chi connectivity index (χ0n) is 22.8. The minimum Gasteiger partial charge on any atom is -0.444 e. The van der Waals surface area contributed by atoms with E-state index in [1.54, 1.807) is 0 Å². The minimum atomic E-state index is -2.82. The Balaban J connectivity index is 1.96. The fourth-order valence-electron chi connectivity index (χ4n) is 4.78. The van der Waals surface area contributed by atoms with Gasteiger partial charge in [0.15, 0.2) is 1.41 Å². The fraction of sp³-hybridized carbons (Fsp3) is 0.500. The van der Waals surface area contributed by atoms with Crippen LogP contribution in [0.2, 0.25) is 6.45 Å². The first-order chi connectivity index (χ1) is 16.8. The molecule has 2 atom stereocenters. The summed E-state index contributed by atoms with van der Waals surface area (Å²) in [5, 5.41) is 6.06. The van der Waals surface area contributed by atoms with Gasteiger partial charge in [-0.15, -0.1) is 0 Å². The average molecular weight is 498 g/mol. The van der Waals surface area contributed by atoms with Gasteiger partial charge in [0.05, 0.1) is 12.6 Å². The summed E-state index contributed by atoms with van der Waals surface area (Å²) in [7, 11) is -2.82. The third-order valence-electron chi connectivity index (χ3n) is 6.30. The SMILES string of the molecule is [2H]N1CC[C@@H](C[C@@H](CO[Si](c2ccccc2)(c2ccccc2)C(C)(C)C)NC(=O)OC(C)(C)C)C1=O. The summed E-state index contributed by atoms with van der Waals surface area (Å²) >= 11 is 0. The van der Waals surface area contributed by atoms with Crippen molar-refractivity contribution in [3.8, 4) is 0 Å². The van der Waals surface area contributed by atoms with Crippen molar-refractivity contribution < 1.29 is 20.2 Å². The van der Waals surface area contributed by atoms with Crippen molar-refractivity contribution >= 4 is 30.7 Å². The van der Waals surface area contributed by atoms with E-state index in [1.807, 2.05) is 57.2 Å². The molecule has 190 valence electrons. The molecule has 0 aromatic heterocycles. The Morgan fingerprint density at radius 1 is 1.06 bits per heavy atom. The van der Waals surface area contributed by atoms with Gasteiger partial charge in [-0.25, -0.2) is 4.79 Å². The summed E-state index contributed by atoms with van der Waals surface area (Å²) in [5.74, 6) is -0.540. The highest BCUT2D eigenvalue weighted by Gasteiger charge is 2.50. The van der Waals surface area contributed by atoms with Crippen molar-refractivity contribution in [2.45, 2.75) is 71.1 Å². The molecule has 2 aromatic rings. The van der Waals surface area contributed by atoms with Crippen molar-refractivity contribution in [3.05, 3.63) is 60.7 Å². The van der Waals surface area contributed by atoms with E-state index in [0.29, 0.717) is 19.4 Å². The molecule has 1 saturated heterocycles. The van der Waals surface area contributed by atoms with Gasteiger partial charge in [0.25, 0.3) is 8.32 Å². The number of alkyl carbamates (subject to hydrolysis) is 1. The van der Waals surface area contributed by atoms with Gasteiger partial charge in [-0.3, -0.25) is 4.79 Å². The number of rotatable bonds is 8. The number of carbonyl (C=O) groups is 2. The van der Waals surface area contributed by atoms with Crippen molar-refractivity contribution in [1.82, 2.24) is 10.6 Å². The second-order valence-corrected chi connectivity index (χ2v) is 15.6. The molecule has 1 fully saturated rings. The van der Waals surface area contributed by atoms with Gasteiger partial charge in [-0.1, -0.05) is 81.4 Å². The summed E-state index contributed by atoms with van der Waals surface area (Å²) in [6, 6.07) is 20.2. The van der Waals surface area contributed by atoms with Crippen LogP contribution in [0.15, 0.2) is 60.7 Å². The number of benzene rings is 2. The predicted octanol–water partition coefficient (Wildman–Crippen LogP) is 3.98. The molecule has 1 aliphatic heterocycles. The molecule has 3 rings (SSSR count). The first kappa shape index (κ1) is 25.4. The van der Waals surface area contributed by atoms with Crippen LogP contribution in [-0.2, 0) is 14.0 Å². The number of carbonyl (C=O) groups excluding carboxylic acids is 2. The Morgan fingerprint density at radius 2 is 1.60 bits per heavy atom. The van der Waals surface area contributed by atoms with E-state index in [2.05, 4.69) is 50.4 Å². The highest BCUT2D eigenvalue weighted by atomic mass is 28.4. The lowest BCUT2D eigenvalue weighted by Crippen LogP contribution is -2.67. The molecule has 1 aliphatic rings. The van der Waals surface area contributed by atoms with Crippen LogP contribution >= 0.6 is 0 Å². The van der Waals surface area contributed by atoms with Crippen LogP contribution in [0.25, 0.3) is 0 Å². The quantitative estimate of drug-likeness (QED) is 0.541. The lowest BCUT2D eigenvalue weighted by Gasteiger charge is -2.43. The zero-order chi connectivity index (χ0) is 26.6. The lowest BCUT2D eigenvalue weighted by atomic mass is 9.99. The van der Waals surface area contributed by atoms with E-state index >= 15 is 0 Å². The smallest absolute Gasteiger partial charge is 0.407 e. The van der Waals surface area contributed by atoms with Crippen LogP contribution < -0.4 is 21.0 Å². The second kappa shape index (κ2) is 11.0. The molecule has 2 N–H and O–H groups in total. The van der Waals surface area contributed by atoms with Gasteiger partial charge in [0.1, 0.15) is 5.60 Å². The van der Waals surface area contributed by atoms with E-state index in [0.717, 1.165) is 15.7 Å². The highest BCUT2D eigenvalue weighted by Crippen LogP contribution is 2.37. The maximum Gasteiger partial charge on any atom is 0.407 e. The molecule has 0 bridgehead atoms. The molecule has 7 heteroatoms. The zero-order valence-corrected chi connectivity index (χ0v) is 22.8. The Bertz CT molecular complexity index is 982. The van der Waals surface area contributed by atoms with Crippen molar-refractivity contribution in [3.63, 3.8) is 0 Å². The molecule has 0 saturated carbocycles. The average Bonchev–Trinajstić information content (AvgIpc) is 3.11. The van der Waals surface area contributed by atoms with Gasteiger partial charge in [0, 0.05) is 12.5 Å². The first-order valence-corrected chi connectivity index (χ1v) is 14.3. The molecular formula is C28H40N2O4Si. The molecule has 0 spiro atoms. The van der Waals surface area contributed by atoms with Crippen LogP contribution in [0.3, 0.4) is 0 Å². The van der Waals surface area contributed by atoms with Crippen LogP contribution in [-0.4, -0.2) is 45.1 Å². The van der Waals surface area contributed by atoms with Crippen LogP contribution in [0.5, 0.6) is 0 Å². The minimum absolute atomic E-state index is 0.212. The lowest BCUT2D eigenvalue weighted by molar-refractivity contribution is -0.122. The Morgan fingerprint density at radius 3 is 2.03 bits per heavy atom. The van der Waals surface area contributed by atoms with Gasteiger partial charge in [-0.2, -0.15) is 0 Å². The predicted molar refractivity (Wildman–Crippen MR) is 142 cm³/mol. The van der Waals surface area contributed by atoms with Gasteiger partial charge in [-0.05, 0) is 49.0 Å². The Labute approximate surface area is 212 Å². The molecule has 6 nitrogen and oxygen atoms in total. The summed E-state index contributed by atoms with van der Waals surface area (Å²) in [5.41, 5.74) is -0.644. The largest absolute Gasteiger partial charge is 0.444 e. The molecule has 2 aromatic carbocycles. The van der Waals surface area contributed by atoms with Gasteiger partial charge in [0.2, 0.25) is 5.91 Å². The third kappa shape index (κ3) is 6.73.